The minimum atomic E-state index is -0.211. The summed E-state index contributed by atoms with van der Waals surface area (Å²) in [5, 5.41) is 0. The third-order valence-corrected chi connectivity index (χ3v) is 6.53. The molecule has 0 bridgehead atoms. The first kappa shape index (κ1) is 18.2. The van der Waals surface area contributed by atoms with E-state index in [2.05, 4.69) is 35.2 Å². The molecule has 2 fully saturated rings. The molecule has 1 saturated heterocycles. The smallest absolute Gasteiger partial charge is 0.338 e. The molecule has 0 radical (unpaired) electrons. The minimum Gasteiger partial charge on any atom is -0.461 e. The van der Waals surface area contributed by atoms with Crippen LogP contribution >= 0.6 is 0 Å². The standard InChI is InChI=1S/C24H29NO2/c26-23(22-10-5-2-6-11-22)27-19-18-25-17-7-14-24(25)15-12-21(13-16-24)20-8-3-1-4-9-20/h1-6,8-11,21H,7,12-19H2. The second-order valence-electron chi connectivity index (χ2n) is 8.00. The molecular weight excluding hydrogens is 334 g/mol. The van der Waals surface area contributed by atoms with Gasteiger partial charge in [0.15, 0.2) is 0 Å². The number of benzene rings is 2. The van der Waals surface area contributed by atoms with Gasteiger partial charge >= 0.3 is 5.97 Å². The number of hydrogen-bond acceptors (Lipinski definition) is 3. The van der Waals surface area contributed by atoms with Crippen molar-refractivity contribution >= 4 is 5.97 Å². The molecule has 0 amide bonds. The average molecular weight is 364 g/mol. The summed E-state index contributed by atoms with van der Waals surface area (Å²) in [4.78, 5) is 14.7. The molecule has 1 heterocycles. The number of hydrogen-bond donors (Lipinski definition) is 0. The van der Waals surface area contributed by atoms with Crippen LogP contribution in [0.25, 0.3) is 0 Å². The first-order valence-electron chi connectivity index (χ1n) is 10.3. The van der Waals surface area contributed by atoms with Crippen LogP contribution in [0.15, 0.2) is 60.7 Å². The molecule has 2 aromatic carbocycles. The molecule has 1 aliphatic heterocycles. The number of carbonyl (C=O) groups is 1. The summed E-state index contributed by atoms with van der Waals surface area (Å²) in [5.41, 5.74) is 2.47. The SMILES string of the molecule is O=C(OCCN1CCCC12CCC(c1ccccc1)CC2)c1ccccc1. The molecule has 0 atom stereocenters. The lowest BCUT2D eigenvalue weighted by Gasteiger charge is -2.44. The molecule has 0 N–H and O–H groups in total. The molecular formula is C24H29NO2. The molecule has 1 aliphatic carbocycles. The number of ether oxygens (including phenoxy) is 1. The fraction of sp³-hybridized carbons (Fsp3) is 0.458. The molecule has 0 unspecified atom stereocenters. The predicted octanol–water partition coefficient (Wildman–Crippen LogP) is 5.04. The van der Waals surface area contributed by atoms with E-state index in [0.29, 0.717) is 23.6 Å². The van der Waals surface area contributed by atoms with Gasteiger partial charge < -0.3 is 4.74 Å². The maximum atomic E-state index is 12.1. The van der Waals surface area contributed by atoms with Crippen molar-refractivity contribution in [2.75, 3.05) is 19.7 Å². The highest BCUT2D eigenvalue weighted by atomic mass is 16.5. The van der Waals surface area contributed by atoms with Crippen LogP contribution in [-0.4, -0.2) is 36.1 Å². The lowest BCUT2D eigenvalue weighted by molar-refractivity contribution is 0.0324. The highest BCUT2D eigenvalue weighted by Gasteiger charge is 2.43. The monoisotopic (exact) mass is 363 g/mol. The van der Waals surface area contributed by atoms with Gasteiger partial charge in [-0.15, -0.1) is 0 Å². The Morgan fingerprint density at radius 3 is 2.33 bits per heavy atom. The predicted molar refractivity (Wildman–Crippen MR) is 108 cm³/mol. The normalized spacial score (nSPS) is 25.6. The summed E-state index contributed by atoms with van der Waals surface area (Å²) in [5.74, 6) is 0.492. The third-order valence-electron chi connectivity index (χ3n) is 6.53. The zero-order valence-electron chi connectivity index (χ0n) is 16.0. The lowest BCUT2D eigenvalue weighted by atomic mass is 9.73. The van der Waals surface area contributed by atoms with Crippen molar-refractivity contribution < 1.29 is 9.53 Å². The van der Waals surface area contributed by atoms with E-state index in [9.17, 15) is 4.79 Å². The van der Waals surface area contributed by atoms with E-state index >= 15 is 0 Å². The van der Waals surface area contributed by atoms with Gasteiger partial charge in [-0.3, -0.25) is 4.90 Å². The summed E-state index contributed by atoms with van der Waals surface area (Å²) in [7, 11) is 0. The van der Waals surface area contributed by atoms with Crippen molar-refractivity contribution in [2.45, 2.75) is 50.0 Å². The van der Waals surface area contributed by atoms with Gasteiger partial charge in [0.1, 0.15) is 6.61 Å². The summed E-state index contributed by atoms with van der Waals surface area (Å²) in [6.45, 7) is 2.48. The lowest BCUT2D eigenvalue weighted by Crippen LogP contribution is -2.47. The van der Waals surface area contributed by atoms with E-state index < -0.39 is 0 Å². The molecule has 27 heavy (non-hydrogen) atoms. The topological polar surface area (TPSA) is 29.5 Å². The Bertz CT molecular complexity index is 735. The van der Waals surface area contributed by atoms with Gasteiger partial charge in [-0.25, -0.2) is 4.79 Å². The van der Waals surface area contributed by atoms with Crippen molar-refractivity contribution in [1.29, 1.82) is 0 Å². The van der Waals surface area contributed by atoms with Crippen molar-refractivity contribution in [2.24, 2.45) is 0 Å². The first-order valence-corrected chi connectivity index (χ1v) is 10.3. The summed E-state index contributed by atoms with van der Waals surface area (Å²) in [6.07, 6.45) is 7.62. The molecule has 2 aromatic rings. The van der Waals surface area contributed by atoms with Crippen LogP contribution in [0.1, 0.15) is 60.4 Å². The van der Waals surface area contributed by atoms with Gasteiger partial charge in [0.2, 0.25) is 0 Å². The largest absolute Gasteiger partial charge is 0.461 e. The van der Waals surface area contributed by atoms with E-state index in [4.69, 9.17) is 4.74 Å². The second kappa shape index (κ2) is 8.26. The van der Waals surface area contributed by atoms with Crippen LogP contribution in [0.4, 0.5) is 0 Å². The molecule has 3 heteroatoms. The molecule has 1 spiro atoms. The van der Waals surface area contributed by atoms with Crippen LogP contribution < -0.4 is 0 Å². The zero-order valence-corrected chi connectivity index (χ0v) is 16.0. The fourth-order valence-corrected chi connectivity index (χ4v) is 5.03. The third kappa shape index (κ3) is 4.08. The van der Waals surface area contributed by atoms with E-state index in [0.717, 1.165) is 13.1 Å². The number of carbonyl (C=O) groups excluding carboxylic acids is 1. The van der Waals surface area contributed by atoms with E-state index in [-0.39, 0.29) is 5.97 Å². The number of likely N-dealkylation sites (tertiary alicyclic amines) is 1. The fourth-order valence-electron chi connectivity index (χ4n) is 5.03. The summed E-state index contributed by atoms with van der Waals surface area (Å²) >= 11 is 0. The van der Waals surface area contributed by atoms with Crippen molar-refractivity contribution in [3.05, 3.63) is 71.8 Å². The number of nitrogens with zero attached hydrogens (tertiary/aromatic N) is 1. The number of esters is 1. The molecule has 142 valence electrons. The van der Waals surface area contributed by atoms with Crippen molar-refractivity contribution in [1.82, 2.24) is 4.90 Å². The van der Waals surface area contributed by atoms with E-state index in [1.54, 1.807) is 0 Å². The van der Waals surface area contributed by atoms with Gasteiger partial charge in [0.25, 0.3) is 0 Å². The highest BCUT2D eigenvalue weighted by Crippen LogP contribution is 2.46. The van der Waals surface area contributed by atoms with Crippen LogP contribution in [0.2, 0.25) is 0 Å². The summed E-state index contributed by atoms with van der Waals surface area (Å²) < 4.78 is 5.53. The number of rotatable bonds is 5. The first-order chi connectivity index (χ1) is 13.3. The van der Waals surface area contributed by atoms with Gasteiger partial charge in [0.05, 0.1) is 5.56 Å². The molecule has 1 saturated carbocycles. The Morgan fingerprint density at radius 1 is 0.963 bits per heavy atom. The van der Waals surface area contributed by atoms with Crippen LogP contribution in [0.3, 0.4) is 0 Å². The van der Waals surface area contributed by atoms with Crippen molar-refractivity contribution in [3.63, 3.8) is 0 Å². The zero-order chi connectivity index (χ0) is 18.5. The van der Waals surface area contributed by atoms with Gasteiger partial charge in [-0.05, 0) is 68.7 Å². The van der Waals surface area contributed by atoms with E-state index in [1.807, 2.05) is 30.3 Å². The highest BCUT2D eigenvalue weighted by molar-refractivity contribution is 5.89. The second-order valence-corrected chi connectivity index (χ2v) is 8.00. The Kier molecular flexibility index (Phi) is 5.58. The van der Waals surface area contributed by atoms with Gasteiger partial charge in [0, 0.05) is 12.1 Å². The van der Waals surface area contributed by atoms with Crippen LogP contribution in [0, 0.1) is 0 Å². The molecule has 4 rings (SSSR count). The summed E-state index contributed by atoms with van der Waals surface area (Å²) in [6, 6.07) is 20.2. The Balaban J connectivity index is 1.30. The quantitative estimate of drug-likeness (QED) is 0.697. The maximum Gasteiger partial charge on any atom is 0.338 e. The minimum absolute atomic E-state index is 0.211. The molecule has 2 aliphatic rings. The molecule has 0 aromatic heterocycles. The van der Waals surface area contributed by atoms with Crippen LogP contribution in [0.5, 0.6) is 0 Å². The van der Waals surface area contributed by atoms with Gasteiger partial charge in [-0.2, -0.15) is 0 Å². The Hall–Kier alpha value is -2.13. The Morgan fingerprint density at radius 2 is 1.63 bits per heavy atom. The van der Waals surface area contributed by atoms with Gasteiger partial charge in [-0.1, -0.05) is 48.5 Å². The van der Waals surface area contributed by atoms with Crippen molar-refractivity contribution in [3.8, 4) is 0 Å². The van der Waals surface area contributed by atoms with E-state index in [1.165, 1.54) is 44.1 Å². The van der Waals surface area contributed by atoms with Crippen LogP contribution in [-0.2, 0) is 4.74 Å². The average Bonchev–Trinajstić information content (AvgIpc) is 3.11. The Labute approximate surface area is 162 Å². The maximum absolute atomic E-state index is 12.1. The molecule has 3 nitrogen and oxygen atoms in total.